The minimum atomic E-state index is -0.0453. The van der Waals surface area contributed by atoms with Crippen LogP contribution >= 0.6 is 11.3 Å². The summed E-state index contributed by atoms with van der Waals surface area (Å²) < 4.78 is 7.82. The molecule has 0 radical (unpaired) electrons. The molecule has 3 rings (SSSR count). The van der Waals surface area contributed by atoms with E-state index in [1.807, 2.05) is 4.52 Å². The van der Waals surface area contributed by atoms with E-state index in [0.29, 0.717) is 6.10 Å². The van der Waals surface area contributed by atoms with Crippen LogP contribution in [0.2, 0.25) is 0 Å². The van der Waals surface area contributed by atoms with Crippen LogP contribution < -0.4 is 5.32 Å². The number of nitrogens with one attached hydrogen (secondary N) is 1. The Bertz CT molecular complexity index is 594. The zero-order valence-electron chi connectivity index (χ0n) is 12.9. The lowest BCUT2D eigenvalue weighted by molar-refractivity contribution is 0.0348. The van der Waals surface area contributed by atoms with Crippen molar-refractivity contribution >= 4 is 16.3 Å². The fraction of sp³-hybridized carbons (Fsp3) is 0.786. The van der Waals surface area contributed by atoms with Gasteiger partial charge in [0, 0.05) is 11.8 Å². The van der Waals surface area contributed by atoms with Gasteiger partial charge in [0.2, 0.25) is 4.96 Å². The van der Waals surface area contributed by atoms with Crippen LogP contribution in [0.25, 0.3) is 4.96 Å². The van der Waals surface area contributed by atoms with Crippen LogP contribution in [-0.2, 0) is 16.6 Å². The van der Waals surface area contributed by atoms with Gasteiger partial charge in [-0.1, -0.05) is 32.1 Å². The van der Waals surface area contributed by atoms with Gasteiger partial charge < -0.3 is 10.1 Å². The number of rotatable bonds is 4. The second kappa shape index (κ2) is 5.98. The number of aromatic nitrogens is 4. The van der Waals surface area contributed by atoms with Crippen molar-refractivity contribution in [3.8, 4) is 0 Å². The van der Waals surface area contributed by atoms with Gasteiger partial charge in [0.25, 0.3) is 0 Å². The fourth-order valence-corrected chi connectivity index (χ4v) is 3.31. The maximum atomic E-state index is 5.94. The first-order valence-electron chi connectivity index (χ1n) is 7.58. The van der Waals surface area contributed by atoms with Crippen LogP contribution in [0.3, 0.4) is 0 Å². The van der Waals surface area contributed by atoms with Crippen molar-refractivity contribution in [2.75, 3.05) is 19.7 Å². The monoisotopic (exact) mass is 309 g/mol. The molecule has 0 spiro atoms. The maximum absolute atomic E-state index is 5.94. The van der Waals surface area contributed by atoms with E-state index in [-0.39, 0.29) is 5.41 Å². The number of hydrogen-bond acceptors (Lipinski definition) is 6. The molecule has 0 aliphatic carbocycles. The highest BCUT2D eigenvalue weighted by molar-refractivity contribution is 7.16. The quantitative estimate of drug-likeness (QED) is 0.933. The average molecular weight is 309 g/mol. The number of nitrogens with zero attached hydrogens (tertiary/aromatic N) is 4. The Kier molecular flexibility index (Phi) is 4.24. The molecule has 1 N–H and O–H groups in total. The second-order valence-corrected chi connectivity index (χ2v) is 7.57. The summed E-state index contributed by atoms with van der Waals surface area (Å²) in [5.74, 6) is 0.916. The molecule has 21 heavy (non-hydrogen) atoms. The third-order valence-corrected chi connectivity index (χ3v) is 4.62. The van der Waals surface area contributed by atoms with Crippen molar-refractivity contribution in [2.45, 2.75) is 51.6 Å². The summed E-state index contributed by atoms with van der Waals surface area (Å²) in [6.45, 7) is 9.25. The molecule has 3 heterocycles. The summed E-state index contributed by atoms with van der Waals surface area (Å²) >= 11 is 1.61. The summed E-state index contributed by atoms with van der Waals surface area (Å²) in [6, 6.07) is 0. The minimum Gasteiger partial charge on any atom is -0.378 e. The summed E-state index contributed by atoms with van der Waals surface area (Å²) in [7, 11) is 0. The largest absolute Gasteiger partial charge is 0.378 e. The van der Waals surface area contributed by atoms with Crippen LogP contribution in [-0.4, -0.2) is 45.6 Å². The van der Waals surface area contributed by atoms with Crippen molar-refractivity contribution in [3.63, 3.8) is 0 Å². The van der Waals surface area contributed by atoms with Gasteiger partial charge in [-0.2, -0.15) is 9.61 Å². The average Bonchev–Trinajstić information content (AvgIpc) is 2.98. The van der Waals surface area contributed by atoms with E-state index in [1.165, 1.54) is 0 Å². The molecule has 1 aliphatic rings. The molecule has 1 fully saturated rings. The first kappa shape index (κ1) is 14.9. The van der Waals surface area contributed by atoms with Crippen molar-refractivity contribution < 1.29 is 4.74 Å². The molecule has 7 heteroatoms. The van der Waals surface area contributed by atoms with Gasteiger partial charge in [-0.05, 0) is 25.9 Å². The van der Waals surface area contributed by atoms with Crippen molar-refractivity contribution in [3.05, 3.63) is 10.8 Å². The smallest absolute Gasteiger partial charge is 0.234 e. The van der Waals surface area contributed by atoms with Crippen molar-refractivity contribution in [2.24, 2.45) is 0 Å². The summed E-state index contributed by atoms with van der Waals surface area (Å²) in [5, 5.41) is 17.5. The number of ether oxygens (including phenoxy) is 1. The van der Waals surface area contributed by atoms with Crippen LogP contribution in [0.15, 0.2) is 0 Å². The van der Waals surface area contributed by atoms with E-state index in [1.54, 1.807) is 11.3 Å². The molecule has 1 aliphatic heterocycles. The molecule has 0 unspecified atom stereocenters. The van der Waals surface area contributed by atoms with Gasteiger partial charge in [0.1, 0.15) is 5.01 Å². The summed E-state index contributed by atoms with van der Waals surface area (Å²) in [4.78, 5) is 0.872. The van der Waals surface area contributed by atoms with Gasteiger partial charge in [-0.15, -0.1) is 10.2 Å². The Labute approximate surface area is 128 Å². The molecule has 116 valence electrons. The Balaban J connectivity index is 1.61. The molecule has 0 saturated carbocycles. The standard InChI is InChI=1S/C14H23N5OS/c1-14(2,3)12-16-17-13-19(12)18-11(21-13)6-9-20-10-4-7-15-8-5-10/h10,15H,4-9H2,1-3H3. The molecule has 0 bridgehead atoms. The number of hydrogen-bond donors (Lipinski definition) is 1. The highest BCUT2D eigenvalue weighted by Gasteiger charge is 2.23. The number of fused-ring (bicyclic) bond motifs is 1. The van der Waals surface area contributed by atoms with E-state index in [4.69, 9.17) is 4.74 Å². The first-order valence-corrected chi connectivity index (χ1v) is 8.39. The van der Waals surface area contributed by atoms with Gasteiger partial charge in [0.15, 0.2) is 5.82 Å². The van der Waals surface area contributed by atoms with Gasteiger partial charge in [-0.3, -0.25) is 0 Å². The molecule has 6 nitrogen and oxygen atoms in total. The highest BCUT2D eigenvalue weighted by Crippen LogP contribution is 2.23. The molecule has 2 aromatic heterocycles. The van der Waals surface area contributed by atoms with E-state index in [2.05, 4.69) is 41.4 Å². The Morgan fingerprint density at radius 1 is 1.29 bits per heavy atom. The normalized spacial score (nSPS) is 17.7. The zero-order chi connectivity index (χ0) is 14.9. The third kappa shape index (κ3) is 3.41. The first-order chi connectivity index (χ1) is 10.0. The molecular formula is C14H23N5OS. The molecular weight excluding hydrogens is 286 g/mol. The number of piperidine rings is 1. The SMILES string of the molecule is CC(C)(C)c1nnc2sc(CCOC3CCNCC3)nn12. The maximum Gasteiger partial charge on any atom is 0.234 e. The van der Waals surface area contributed by atoms with Gasteiger partial charge in [-0.25, -0.2) is 0 Å². The molecule has 2 aromatic rings. The van der Waals surface area contributed by atoms with E-state index >= 15 is 0 Å². The predicted octanol–water partition coefficient (Wildman–Crippen LogP) is 1.79. The van der Waals surface area contributed by atoms with Crippen LogP contribution in [0.1, 0.15) is 44.4 Å². The minimum absolute atomic E-state index is 0.0453. The lowest BCUT2D eigenvalue weighted by Crippen LogP contribution is -2.32. The van der Waals surface area contributed by atoms with Crippen LogP contribution in [0.4, 0.5) is 0 Å². The van der Waals surface area contributed by atoms with Gasteiger partial charge >= 0.3 is 0 Å². The van der Waals surface area contributed by atoms with Crippen molar-refractivity contribution in [1.82, 2.24) is 25.1 Å². The summed E-state index contributed by atoms with van der Waals surface area (Å²) in [6.07, 6.45) is 3.47. The van der Waals surface area contributed by atoms with E-state index in [0.717, 1.165) is 54.8 Å². The van der Waals surface area contributed by atoms with Crippen LogP contribution in [0.5, 0.6) is 0 Å². The van der Waals surface area contributed by atoms with E-state index in [9.17, 15) is 0 Å². The predicted molar refractivity (Wildman–Crippen MR) is 82.9 cm³/mol. The molecule has 0 amide bonds. The van der Waals surface area contributed by atoms with Crippen LogP contribution in [0, 0.1) is 0 Å². The lowest BCUT2D eigenvalue weighted by atomic mass is 9.96. The zero-order valence-corrected chi connectivity index (χ0v) is 13.7. The Morgan fingerprint density at radius 3 is 2.76 bits per heavy atom. The Hall–Kier alpha value is -1.05. The third-order valence-electron chi connectivity index (χ3n) is 3.66. The lowest BCUT2D eigenvalue weighted by Gasteiger charge is -2.22. The van der Waals surface area contributed by atoms with E-state index < -0.39 is 0 Å². The highest BCUT2D eigenvalue weighted by atomic mass is 32.1. The van der Waals surface area contributed by atoms with Gasteiger partial charge in [0.05, 0.1) is 12.7 Å². The van der Waals surface area contributed by atoms with Crippen molar-refractivity contribution in [1.29, 1.82) is 0 Å². The summed E-state index contributed by atoms with van der Waals surface area (Å²) in [5.41, 5.74) is -0.0453. The Morgan fingerprint density at radius 2 is 2.05 bits per heavy atom. The topological polar surface area (TPSA) is 64.3 Å². The molecule has 1 saturated heterocycles. The molecule has 0 aromatic carbocycles. The molecule has 0 atom stereocenters. The fourth-order valence-electron chi connectivity index (χ4n) is 2.50. The second-order valence-electron chi connectivity index (χ2n) is 6.53.